The van der Waals surface area contributed by atoms with Gasteiger partial charge in [-0.3, -0.25) is 0 Å². The topological polar surface area (TPSA) is 17.1 Å². The Bertz CT molecular complexity index is 8.00. The predicted molar refractivity (Wildman–Crippen MR) is 6.44 cm³/mol. The number of hydrogen-bond acceptors (Lipinski definition) is 1. The molecule has 0 N–H and O–H groups in total. The molecule has 4 heteroatoms. The maximum Gasteiger partial charge on any atom is 0 e. The van der Waals surface area contributed by atoms with Crippen molar-refractivity contribution in [3.05, 3.63) is 0 Å². The molecule has 0 unspecified atom stereocenters. The van der Waals surface area contributed by atoms with Crippen LogP contribution in [0.5, 0.6) is 0 Å². The fraction of sp³-hybridized carbons (Fsp3) is 0. The molecule has 0 bridgehead atoms. The molecule has 0 spiro atoms. The van der Waals surface area contributed by atoms with Crippen molar-refractivity contribution < 1.29 is 36.4 Å². The molecule has 0 amide bonds. The van der Waals surface area contributed by atoms with Crippen LogP contribution in [0.25, 0.3) is 0 Å². The molecule has 0 saturated heterocycles. The SMILES string of the molecule is [Fe].[O]=[Ni].[Sr]. The van der Waals surface area contributed by atoms with E-state index in [1.807, 2.05) is 0 Å². The van der Waals surface area contributed by atoms with Gasteiger partial charge in [0.1, 0.15) is 0 Å². The Hall–Kier alpha value is 2.29. The first-order chi connectivity index (χ1) is 1.00. The average molecular weight is 218 g/mol. The van der Waals surface area contributed by atoms with E-state index in [0.717, 1.165) is 0 Å². The van der Waals surface area contributed by atoms with Crippen LogP contribution in [0, 0.1) is 0 Å². The zero-order valence-corrected chi connectivity index (χ0v) is 7.35. The molecule has 0 heterocycles. The van der Waals surface area contributed by atoms with Gasteiger partial charge in [-0.15, -0.1) is 0 Å². The molecule has 0 aliphatic heterocycles. The van der Waals surface area contributed by atoms with Gasteiger partial charge < -0.3 is 0 Å². The second kappa shape index (κ2) is 18.6. The monoisotopic (exact) mass is 218 g/mol. The molecule has 26 valence electrons. The van der Waals surface area contributed by atoms with Crippen molar-refractivity contribution in [2.24, 2.45) is 0 Å². The van der Waals surface area contributed by atoms with E-state index in [4.69, 9.17) is 3.90 Å². The summed E-state index contributed by atoms with van der Waals surface area (Å²) < 4.78 is 7.88. The average Bonchev–Trinajstić information content (AvgIpc) is 1.00. The molecule has 0 saturated carbocycles. The summed E-state index contributed by atoms with van der Waals surface area (Å²) in [7, 11) is 0. The summed E-state index contributed by atoms with van der Waals surface area (Å²) in [6, 6.07) is 0. The molecule has 0 aliphatic rings. The summed E-state index contributed by atoms with van der Waals surface area (Å²) in [6.07, 6.45) is 0. The van der Waals surface area contributed by atoms with Gasteiger partial charge in [-0.1, -0.05) is 0 Å². The summed E-state index contributed by atoms with van der Waals surface area (Å²) in [5.41, 5.74) is 0. The van der Waals surface area contributed by atoms with Gasteiger partial charge in [-0.2, -0.15) is 0 Å². The van der Waals surface area contributed by atoms with Gasteiger partial charge in [0, 0.05) is 62.6 Å². The Morgan fingerprint density at radius 3 is 1.25 bits per heavy atom. The van der Waals surface area contributed by atoms with Gasteiger partial charge in [0.05, 0.1) is 0 Å². The van der Waals surface area contributed by atoms with Crippen LogP contribution in [0.1, 0.15) is 0 Å². The normalized spacial score (nSPS) is 1.50. The maximum absolute atomic E-state index is 7.88. The van der Waals surface area contributed by atoms with Crippen LogP contribution in [0.15, 0.2) is 0 Å². The van der Waals surface area contributed by atoms with Crippen LogP contribution >= 0.6 is 0 Å². The summed E-state index contributed by atoms with van der Waals surface area (Å²) in [5.74, 6) is 0. The molecule has 0 aromatic heterocycles. The van der Waals surface area contributed by atoms with Gasteiger partial charge in [0.15, 0.2) is 0 Å². The third-order valence-electron chi connectivity index (χ3n) is 0. The second-order valence-electron chi connectivity index (χ2n) is 0. The Morgan fingerprint density at radius 2 is 1.25 bits per heavy atom. The van der Waals surface area contributed by atoms with E-state index in [1.54, 1.807) is 0 Å². The minimum Gasteiger partial charge on any atom is 0 e. The fourth-order valence-corrected chi connectivity index (χ4v) is 0. The molecule has 0 atom stereocenters. The minimum absolute atomic E-state index is 0. The second-order valence-corrected chi connectivity index (χ2v) is 0. The standard InChI is InChI=1S/Fe.Ni.O.Sr. The largest absolute Gasteiger partial charge is 0 e. The Kier molecular flexibility index (Phi) is 75.4. The van der Waals surface area contributed by atoms with Crippen molar-refractivity contribution in [2.75, 3.05) is 0 Å². The van der Waals surface area contributed by atoms with Crippen LogP contribution in [0.2, 0.25) is 0 Å². The predicted octanol–water partition coefficient (Wildman–Crippen LogP) is -0.505. The van der Waals surface area contributed by atoms with E-state index in [0.29, 0.717) is 0 Å². The van der Waals surface area contributed by atoms with E-state index in [2.05, 4.69) is 15.4 Å². The summed E-state index contributed by atoms with van der Waals surface area (Å²) >= 11 is 2.62. The van der Waals surface area contributed by atoms with E-state index >= 15 is 0 Å². The van der Waals surface area contributed by atoms with Crippen molar-refractivity contribution in [1.29, 1.82) is 0 Å². The van der Waals surface area contributed by atoms with Crippen LogP contribution in [0.4, 0.5) is 0 Å². The van der Waals surface area contributed by atoms with Crippen LogP contribution < -0.4 is 0 Å². The van der Waals surface area contributed by atoms with Crippen molar-refractivity contribution in [2.45, 2.75) is 0 Å². The smallest absolute Gasteiger partial charge is 0 e. The van der Waals surface area contributed by atoms with E-state index in [9.17, 15) is 0 Å². The van der Waals surface area contributed by atoms with Gasteiger partial charge >= 0.3 is 19.3 Å². The van der Waals surface area contributed by atoms with Gasteiger partial charge in [0.2, 0.25) is 0 Å². The minimum atomic E-state index is 0. The van der Waals surface area contributed by atoms with E-state index in [1.165, 1.54) is 0 Å². The number of hydrogen-bond donors (Lipinski definition) is 0. The van der Waals surface area contributed by atoms with Crippen molar-refractivity contribution in [1.82, 2.24) is 0 Å². The molecular weight excluding hydrogens is 218 g/mol. The molecule has 4 heavy (non-hydrogen) atoms. The van der Waals surface area contributed by atoms with Crippen molar-refractivity contribution in [3.8, 4) is 0 Å². The fourth-order valence-electron chi connectivity index (χ4n) is 0. The molecule has 2 radical (unpaired) electrons. The third kappa shape index (κ3) is 8.85. The quantitative estimate of drug-likeness (QED) is 0.501. The van der Waals surface area contributed by atoms with Gasteiger partial charge in [-0.25, -0.2) is 0 Å². The Labute approximate surface area is 80.2 Å². The summed E-state index contributed by atoms with van der Waals surface area (Å²) in [4.78, 5) is 0. The third-order valence-corrected chi connectivity index (χ3v) is 0. The van der Waals surface area contributed by atoms with Gasteiger partial charge in [-0.05, 0) is 0 Å². The Balaban J connectivity index is -0.00000000500. The van der Waals surface area contributed by atoms with Crippen LogP contribution in [-0.2, 0) is 36.4 Å². The first-order valence-electron chi connectivity index (χ1n) is 0.129. The zero-order chi connectivity index (χ0) is 2.00. The maximum atomic E-state index is 7.88. The van der Waals surface area contributed by atoms with E-state index < -0.39 is 0 Å². The first kappa shape index (κ1) is 16.3. The molecule has 0 aromatic carbocycles. The summed E-state index contributed by atoms with van der Waals surface area (Å²) in [5, 5.41) is 0. The van der Waals surface area contributed by atoms with Crippen molar-refractivity contribution in [3.63, 3.8) is 0 Å². The number of rotatable bonds is 0. The van der Waals surface area contributed by atoms with Crippen LogP contribution in [0.3, 0.4) is 0 Å². The van der Waals surface area contributed by atoms with Crippen molar-refractivity contribution >= 4 is 45.5 Å². The Morgan fingerprint density at radius 1 is 1.25 bits per heavy atom. The van der Waals surface area contributed by atoms with E-state index in [-0.39, 0.29) is 62.6 Å². The molecule has 0 aromatic rings. The van der Waals surface area contributed by atoms with Crippen LogP contribution in [-0.4, -0.2) is 45.5 Å². The van der Waals surface area contributed by atoms with Gasteiger partial charge in [0.25, 0.3) is 0 Å². The molecular formula is FeNiOSr. The molecule has 1 nitrogen and oxygen atoms in total. The first-order valence-corrected chi connectivity index (χ1v) is 0.532. The molecule has 0 rings (SSSR count). The molecule has 0 aliphatic carbocycles. The zero-order valence-electron chi connectivity index (χ0n) is 1.79. The summed E-state index contributed by atoms with van der Waals surface area (Å²) in [6.45, 7) is 0. The molecule has 0 fully saturated rings.